The Labute approximate surface area is 156 Å². The molecule has 0 bridgehead atoms. The standard InChI is InChI=1S/C17H22ClN3O5/c1-3-21(9-15(22)23)12-6-11(7-12)20-17(25)19-10-4-5-13(14(18)8-10)16(24)26-2/h4-5,8,11-12H,3,6-7,9H2,1-2H3,(H,22,23)(H2,19,20,25). The fourth-order valence-corrected chi connectivity index (χ4v) is 3.16. The second kappa shape index (κ2) is 8.86. The minimum Gasteiger partial charge on any atom is -0.480 e. The van der Waals surface area contributed by atoms with Crippen LogP contribution in [0.25, 0.3) is 0 Å². The number of methoxy groups -OCH3 is 1. The van der Waals surface area contributed by atoms with Crippen LogP contribution in [0.3, 0.4) is 0 Å². The van der Waals surface area contributed by atoms with Crippen LogP contribution in [0, 0.1) is 0 Å². The normalized spacial score (nSPS) is 18.8. The molecule has 0 saturated heterocycles. The monoisotopic (exact) mass is 383 g/mol. The van der Waals surface area contributed by atoms with Gasteiger partial charge in [-0.1, -0.05) is 18.5 Å². The molecule has 0 aliphatic heterocycles. The highest BCUT2D eigenvalue weighted by atomic mass is 35.5. The van der Waals surface area contributed by atoms with Crippen molar-refractivity contribution in [2.75, 3.05) is 25.5 Å². The zero-order valence-electron chi connectivity index (χ0n) is 14.6. The van der Waals surface area contributed by atoms with E-state index in [0.29, 0.717) is 25.1 Å². The van der Waals surface area contributed by atoms with Crippen molar-refractivity contribution in [3.8, 4) is 0 Å². The summed E-state index contributed by atoms with van der Waals surface area (Å²) in [4.78, 5) is 36.3. The topological polar surface area (TPSA) is 108 Å². The maximum absolute atomic E-state index is 12.1. The molecule has 1 aromatic carbocycles. The van der Waals surface area contributed by atoms with Gasteiger partial charge in [-0.2, -0.15) is 0 Å². The molecular weight excluding hydrogens is 362 g/mol. The van der Waals surface area contributed by atoms with Gasteiger partial charge in [0.2, 0.25) is 0 Å². The molecule has 8 nitrogen and oxygen atoms in total. The molecule has 0 spiro atoms. The number of carbonyl (C=O) groups excluding carboxylic acids is 2. The van der Waals surface area contributed by atoms with Gasteiger partial charge in [0.25, 0.3) is 0 Å². The first-order valence-corrected chi connectivity index (χ1v) is 8.63. The van der Waals surface area contributed by atoms with Gasteiger partial charge in [-0.3, -0.25) is 9.69 Å². The predicted molar refractivity (Wildman–Crippen MR) is 96.6 cm³/mol. The van der Waals surface area contributed by atoms with Gasteiger partial charge in [0, 0.05) is 17.8 Å². The third kappa shape index (κ3) is 5.09. The molecule has 9 heteroatoms. The number of carboxylic acid groups (broad SMARTS) is 1. The van der Waals surface area contributed by atoms with E-state index in [0.717, 1.165) is 0 Å². The maximum Gasteiger partial charge on any atom is 0.339 e. The van der Waals surface area contributed by atoms with E-state index in [1.165, 1.54) is 19.2 Å². The molecule has 0 unspecified atom stereocenters. The van der Waals surface area contributed by atoms with Crippen LogP contribution >= 0.6 is 11.6 Å². The van der Waals surface area contributed by atoms with Gasteiger partial charge in [0.05, 0.1) is 24.2 Å². The summed E-state index contributed by atoms with van der Waals surface area (Å²) in [5.41, 5.74) is 0.678. The summed E-state index contributed by atoms with van der Waals surface area (Å²) in [6, 6.07) is 4.29. The van der Waals surface area contributed by atoms with Gasteiger partial charge in [-0.15, -0.1) is 0 Å². The van der Waals surface area contributed by atoms with E-state index in [-0.39, 0.29) is 35.2 Å². The molecule has 1 fully saturated rings. The van der Waals surface area contributed by atoms with E-state index in [1.807, 2.05) is 11.8 Å². The van der Waals surface area contributed by atoms with E-state index in [1.54, 1.807) is 6.07 Å². The lowest BCUT2D eigenvalue weighted by molar-refractivity contribution is -0.139. The van der Waals surface area contributed by atoms with Gasteiger partial charge in [0.15, 0.2) is 0 Å². The Kier molecular flexibility index (Phi) is 6.82. The number of carbonyl (C=O) groups is 3. The summed E-state index contributed by atoms with van der Waals surface area (Å²) < 4.78 is 4.61. The molecule has 0 radical (unpaired) electrons. The Morgan fingerprint density at radius 1 is 1.35 bits per heavy atom. The number of hydrogen-bond acceptors (Lipinski definition) is 5. The summed E-state index contributed by atoms with van der Waals surface area (Å²) in [6.45, 7) is 2.57. The highest BCUT2D eigenvalue weighted by Gasteiger charge is 2.34. The molecule has 2 amide bonds. The second-order valence-corrected chi connectivity index (χ2v) is 6.47. The smallest absolute Gasteiger partial charge is 0.339 e. The van der Waals surface area contributed by atoms with Crippen LogP contribution in [0.15, 0.2) is 18.2 Å². The largest absolute Gasteiger partial charge is 0.480 e. The molecule has 3 N–H and O–H groups in total. The number of urea groups is 1. The number of carboxylic acids is 1. The van der Waals surface area contributed by atoms with E-state index >= 15 is 0 Å². The molecule has 1 saturated carbocycles. The number of anilines is 1. The summed E-state index contributed by atoms with van der Waals surface area (Å²) in [7, 11) is 1.26. The van der Waals surface area contributed by atoms with Gasteiger partial charge in [-0.05, 0) is 37.6 Å². The molecule has 1 aromatic rings. The van der Waals surface area contributed by atoms with Crippen molar-refractivity contribution in [2.24, 2.45) is 0 Å². The summed E-state index contributed by atoms with van der Waals surface area (Å²) >= 11 is 6.02. The molecular formula is C17H22ClN3O5. The number of nitrogens with zero attached hydrogens (tertiary/aromatic N) is 1. The van der Waals surface area contributed by atoms with Crippen molar-refractivity contribution in [3.05, 3.63) is 28.8 Å². The molecule has 1 aliphatic carbocycles. The number of esters is 1. The molecule has 0 heterocycles. The maximum atomic E-state index is 12.1. The van der Waals surface area contributed by atoms with Gasteiger partial charge >= 0.3 is 18.0 Å². The number of amides is 2. The molecule has 2 rings (SSSR count). The minimum atomic E-state index is -0.853. The molecule has 0 aromatic heterocycles. The number of ether oxygens (including phenoxy) is 1. The van der Waals surface area contributed by atoms with Gasteiger partial charge in [0.1, 0.15) is 0 Å². The van der Waals surface area contributed by atoms with Crippen LogP contribution in [0.1, 0.15) is 30.1 Å². The second-order valence-electron chi connectivity index (χ2n) is 6.06. The SMILES string of the molecule is CCN(CC(=O)O)C1CC(NC(=O)Nc2ccc(C(=O)OC)c(Cl)c2)C1. The Balaban J connectivity index is 1.82. The van der Waals surface area contributed by atoms with Crippen LogP contribution in [0.2, 0.25) is 5.02 Å². The van der Waals surface area contributed by atoms with Crippen LogP contribution in [-0.4, -0.2) is 60.3 Å². The Morgan fingerprint density at radius 3 is 2.58 bits per heavy atom. The van der Waals surface area contributed by atoms with Gasteiger partial charge in [-0.25, -0.2) is 9.59 Å². The predicted octanol–water partition coefficient (Wildman–Crippen LogP) is 2.19. The lowest BCUT2D eigenvalue weighted by Gasteiger charge is -2.42. The fraction of sp³-hybridized carbons (Fsp3) is 0.471. The summed E-state index contributed by atoms with van der Waals surface area (Å²) in [5.74, 6) is -1.40. The van der Waals surface area contributed by atoms with Crippen molar-refractivity contribution in [2.45, 2.75) is 31.8 Å². The zero-order valence-corrected chi connectivity index (χ0v) is 15.4. The quantitative estimate of drug-likeness (QED) is 0.623. The van der Waals surface area contributed by atoms with Crippen LogP contribution in [-0.2, 0) is 9.53 Å². The first kappa shape index (κ1) is 20.0. The highest BCUT2D eigenvalue weighted by molar-refractivity contribution is 6.33. The number of rotatable bonds is 7. The Morgan fingerprint density at radius 2 is 2.04 bits per heavy atom. The van der Waals surface area contributed by atoms with Crippen molar-refractivity contribution in [1.29, 1.82) is 0 Å². The lowest BCUT2D eigenvalue weighted by Crippen LogP contribution is -2.55. The zero-order chi connectivity index (χ0) is 19.3. The van der Waals surface area contributed by atoms with E-state index in [9.17, 15) is 14.4 Å². The van der Waals surface area contributed by atoms with Crippen LogP contribution in [0.4, 0.5) is 10.5 Å². The highest BCUT2D eigenvalue weighted by Crippen LogP contribution is 2.26. The Hall–Kier alpha value is -2.32. The first-order chi connectivity index (χ1) is 12.3. The number of hydrogen-bond donors (Lipinski definition) is 3. The van der Waals surface area contributed by atoms with E-state index < -0.39 is 11.9 Å². The first-order valence-electron chi connectivity index (χ1n) is 8.25. The molecule has 0 atom stereocenters. The Bertz CT molecular complexity index is 691. The van der Waals surface area contributed by atoms with Crippen LogP contribution in [0.5, 0.6) is 0 Å². The lowest BCUT2D eigenvalue weighted by atomic mass is 9.85. The fourth-order valence-electron chi connectivity index (χ4n) is 2.90. The van der Waals surface area contributed by atoms with E-state index in [2.05, 4.69) is 15.4 Å². The van der Waals surface area contributed by atoms with Gasteiger partial charge < -0.3 is 20.5 Å². The third-order valence-corrected chi connectivity index (χ3v) is 4.65. The number of aliphatic carboxylic acids is 1. The number of likely N-dealkylation sites (N-methyl/N-ethyl adjacent to an activating group) is 1. The minimum absolute atomic E-state index is 0.00508. The number of nitrogens with one attached hydrogen (secondary N) is 2. The van der Waals surface area contributed by atoms with E-state index in [4.69, 9.17) is 16.7 Å². The molecule has 1 aliphatic rings. The van der Waals surface area contributed by atoms with Crippen molar-refractivity contribution < 1.29 is 24.2 Å². The average Bonchev–Trinajstić information content (AvgIpc) is 2.55. The number of benzene rings is 1. The van der Waals surface area contributed by atoms with Crippen molar-refractivity contribution >= 4 is 35.3 Å². The van der Waals surface area contributed by atoms with Crippen LogP contribution < -0.4 is 10.6 Å². The summed E-state index contributed by atoms with van der Waals surface area (Å²) in [6.07, 6.45) is 1.41. The number of halogens is 1. The average molecular weight is 384 g/mol. The molecule has 26 heavy (non-hydrogen) atoms. The van der Waals surface area contributed by atoms with Crippen molar-refractivity contribution in [3.63, 3.8) is 0 Å². The van der Waals surface area contributed by atoms with Crippen molar-refractivity contribution in [1.82, 2.24) is 10.2 Å². The summed E-state index contributed by atoms with van der Waals surface area (Å²) in [5, 5.41) is 14.6. The third-order valence-electron chi connectivity index (χ3n) is 4.34. The molecule has 142 valence electrons.